The molecule has 1 heterocycles. The largest absolute Gasteiger partial charge is 0.310 e. The van der Waals surface area contributed by atoms with Gasteiger partial charge in [0, 0.05) is 11.1 Å². The number of benzene rings is 6. The fourth-order valence-electron chi connectivity index (χ4n) is 8.44. The lowest BCUT2D eigenvalue weighted by molar-refractivity contribution is 0.279. The number of fused-ring (bicyclic) bond motifs is 3. The van der Waals surface area contributed by atoms with Gasteiger partial charge in [0.1, 0.15) is 0 Å². The maximum Gasteiger partial charge on any atom is 0.0506 e. The predicted octanol–water partition coefficient (Wildman–Crippen LogP) is 11.4. The summed E-state index contributed by atoms with van der Waals surface area (Å²) in [5.41, 5.74) is 16.5. The number of hydrogen-bond acceptors (Lipinski definition) is 1. The second-order valence-corrected chi connectivity index (χ2v) is 12.5. The molecule has 0 saturated heterocycles. The first kappa shape index (κ1) is 24.7. The molecule has 43 heavy (non-hydrogen) atoms. The van der Waals surface area contributed by atoms with E-state index >= 15 is 0 Å². The quantitative estimate of drug-likeness (QED) is 0.211. The van der Waals surface area contributed by atoms with Gasteiger partial charge in [0.25, 0.3) is 0 Å². The molecule has 1 spiro atoms. The molecule has 1 heteroatoms. The van der Waals surface area contributed by atoms with Gasteiger partial charge in [-0.1, -0.05) is 115 Å². The van der Waals surface area contributed by atoms with Crippen LogP contribution >= 0.6 is 0 Å². The Balaban J connectivity index is 1.19. The highest BCUT2D eigenvalue weighted by atomic mass is 15.2. The number of hydrogen-bond donors (Lipinski definition) is 0. The van der Waals surface area contributed by atoms with Crippen LogP contribution in [0, 0.1) is 0 Å². The van der Waals surface area contributed by atoms with Crippen molar-refractivity contribution in [3.05, 3.63) is 162 Å². The van der Waals surface area contributed by atoms with E-state index in [1.807, 2.05) is 0 Å². The summed E-state index contributed by atoms with van der Waals surface area (Å²) in [4.78, 5) is 2.54. The third-order valence-electron chi connectivity index (χ3n) is 10.4. The summed E-state index contributed by atoms with van der Waals surface area (Å²) in [5.74, 6) is 0.637. The summed E-state index contributed by atoms with van der Waals surface area (Å²) in [6.45, 7) is 0. The van der Waals surface area contributed by atoms with E-state index < -0.39 is 0 Å². The molecule has 1 aliphatic heterocycles. The molecular formula is C42H33N. The average Bonchev–Trinajstić information content (AvgIpc) is 3.10. The minimum atomic E-state index is 0.106. The van der Waals surface area contributed by atoms with Crippen LogP contribution in [-0.2, 0) is 5.41 Å². The Hall–Kier alpha value is -4.88. The Morgan fingerprint density at radius 1 is 0.488 bits per heavy atom. The number of para-hydroxylation sites is 1. The number of anilines is 3. The molecule has 10 rings (SSSR count). The van der Waals surface area contributed by atoms with Gasteiger partial charge < -0.3 is 4.90 Å². The van der Waals surface area contributed by atoms with Gasteiger partial charge in [-0.25, -0.2) is 0 Å². The Kier molecular flexibility index (Phi) is 5.50. The molecule has 4 aliphatic rings. The van der Waals surface area contributed by atoms with Crippen molar-refractivity contribution in [3.63, 3.8) is 0 Å². The zero-order valence-corrected chi connectivity index (χ0v) is 24.2. The van der Waals surface area contributed by atoms with Crippen molar-refractivity contribution in [1.82, 2.24) is 0 Å². The molecule has 0 amide bonds. The van der Waals surface area contributed by atoms with E-state index in [0.29, 0.717) is 5.92 Å². The Bertz CT molecular complexity index is 1960. The highest BCUT2D eigenvalue weighted by molar-refractivity contribution is 5.91. The van der Waals surface area contributed by atoms with Gasteiger partial charge in [-0.05, 0) is 112 Å². The molecule has 0 atom stereocenters. The fourth-order valence-corrected chi connectivity index (χ4v) is 8.44. The van der Waals surface area contributed by atoms with E-state index in [1.165, 1.54) is 81.7 Å². The standard InChI is InChI=1S/C42H33N/c1-3-10-29(11-4-1)33-14-9-15-34(28-33)30-18-20-35(21-19-30)43-38-17-8-7-16-37(38)42-26-24-32(25-27-42)40-36(22-23-39(43)41(40)42)31-12-5-2-6-13-31/h1-23,28,32H,24-27H2. The van der Waals surface area contributed by atoms with Gasteiger partial charge in [-0.15, -0.1) is 0 Å². The molecule has 1 fully saturated rings. The molecule has 3 aliphatic carbocycles. The van der Waals surface area contributed by atoms with Crippen molar-refractivity contribution in [3.8, 4) is 33.4 Å². The van der Waals surface area contributed by atoms with Crippen LogP contribution in [0.2, 0.25) is 0 Å². The van der Waals surface area contributed by atoms with E-state index in [2.05, 4.69) is 150 Å². The minimum absolute atomic E-state index is 0.106. The van der Waals surface area contributed by atoms with Crippen molar-refractivity contribution in [1.29, 1.82) is 0 Å². The molecule has 1 saturated carbocycles. The van der Waals surface area contributed by atoms with Crippen LogP contribution in [0.25, 0.3) is 33.4 Å². The predicted molar refractivity (Wildman–Crippen MR) is 179 cm³/mol. The molecule has 206 valence electrons. The summed E-state index contributed by atoms with van der Waals surface area (Å²) < 4.78 is 0. The van der Waals surface area contributed by atoms with E-state index in [0.717, 1.165) is 0 Å². The van der Waals surface area contributed by atoms with E-state index in [4.69, 9.17) is 0 Å². The minimum Gasteiger partial charge on any atom is -0.310 e. The zero-order chi connectivity index (χ0) is 28.4. The number of rotatable bonds is 4. The second-order valence-electron chi connectivity index (χ2n) is 12.5. The van der Waals surface area contributed by atoms with Crippen molar-refractivity contribution in [2.75, 3.05) is 4.90 Å². The van der Waals surface area contributed by atoms with Crippen LogP contribution < -0.4 is 4.90 Å². The lowest BCUT2D eigenvalue weighted by Gasteiger charge is -2.54. The SMILES string of the molecule is c1ccc(-c2cccc(-c3ccc(N4c5ccccc5C56CCC(CC5)c5c(-c7ccccc7)ccc4c56)cc3)c2)cc1. The highest BCUT2D eigenvalue weighted by Crippen LogP contribution is 2.65. The van der Waals surface area contributed by atoms with Crippen LogP contribution in [0.4, 0.5) is 17.1 Å². The lowest BCUT2D eigenvalue weighted by Crippen LogP contribution is -2.43. The first-order chi connectivity index (χ1) is 21.3. The summed E-state index contributed by atoms with van der Waals surface area (Å²) >= 11 is 0. The maximum absolute atomic E-state index is 2.54. The number of nitrogens with zero attached hydrogens (tertiary/aromatic N) is 1. The first-order valence-corrected chi connectivity index (χ1v) is 15.7. The van der Waals surface area contributed by atoms with Gasteiger partial charge >= 0.3 is 0 Å². The third-order valence-corrected chi connectivity index (χ3v) is 10.4. The lowest BCUT2D eigenvalue weighted by atomic mass is 9.52. The van der Waals surface area contributed by atoms with Gasteiger partial charge in [0.2, 0.25) is 0 Å². The van der Waals surface area contributed by atoms with Crippen LogP contribution in [0.15, 0.2) is 146 Å². The second kappa shape index (κ2) is 9.57. The normalized spacial score (nSPS) is 19.5. The van der Waals surface area contributed by atoms with Crippen molar-refractivity contribution in [2.45, 2.75) is 37.0 Å². The Morgan fingerprint density at radius 3 is 1.81 bits per heavy atom. The summed E-state index contributed by atoms with van der Waals surface area (Å²) in [7, 11) is 0. The topological polar surface area (TPSA) is 3.24 Å². The van der Waals surface area contributed by atoms with Crippen LogP contribution in [-0.4, -0.2) is 0 Å². The fraction of sp³-hybridized carbons (Fsp3) is 0.143. The molecule has 6 aromatic carbocycles. The molecule has 6 aromatic rings. The molecular weight excluding hydrogens is 518 g/mol. The van der Waals surface area contributed by atoms with Crippen molar-refractivity contribution >= 4 is 17.1 Å². The third kappa shape index (κ3) is 3.71. The van der Waals surface area contributed by atoms with Crippen LogP contribution in [0.5, 0.6) is 0 Å². The Labute approximate surface area is 254 Å². The van der Waals surface area contributed by atoms with Crippen molar-refractivity contribution < 1.29 is 0 Å². The van der Waals surface area contributed by atoms with Gasteiger partial charge in [0.15, 0.2) is 0 Å². The van der Waals surface area contributed by atoms with Crippen molar-refractivity contribution in [2.24, 2.45) is 0 Å². The first-order valence-electron chi connectivity index (χ1n) is 15.7. The maximum atomic E-state index is 2.54. The van der Waals surface area contributed by atoms with Gasteiger partial charge in [-0.3, -0.25) is 0 Å². The summed E-state index contributed by atoms with van der Waals surface area (Å²) in [6, 6.07) is 53.9. The van der Waals surface area contributed by atoms with E-state index in [9.17, 15) is 0 Å². The molecule has 1 nitrogen and oxygen atoms in total. The van der Waals surface area contributed by atoms with Crippen LogP contribution in [0.3, 0.4) is 0 Å². The molecule has 0 unspecified atom stereocenters. The van der Waals surface area contributed by atoms with E-state index in [-0.39, 0.29) is 5.41 Å². The van der Waals surface area contributed by atoms with Gasteiger partial charge in [-0.2, -0.15) is 0 Å². The summed E-state index contributed by atoms with van der Waals surface area (Å²) in [6.07, 6.45) is 5.05. The zero-order valence-electron chi connectivity index (χ0n) is 24.2. The monoisotopic (exact) mass is 551 g/mol. The van der Waals surface area contributed by atoms with Gasteiger partial charge in [0.05, 0.1) is 11.4 Å². The Morgan fingerprint density at radius 2 is 1.09 bits per heavy atom. The smallest absolute Gasteiger partial charge is 0.0506 e. The molecule has 2 bridgehead atoms. The van der Waals surface area contributed by atoms with E-state index in [1.54, 1.807) is 11.1 Å². The highest BCUT2D eigenvalue weighted by Gasteiger charge is 2.52. The summed E-state index contributed by atoms with van der Waals surface area (Å²) in [5, 5.41) is 0. The molecule has 0 aromatic heterocycles. The van der Waals surface area contributed by atoms with Crippen LogP contribution in [0.1, 0.15) is 48.3 Å². The average molecular weight is 552 g/mol. The molecule has 0 radical (unpaired) electrons. The molecule has 0 N–H and O–H groups in total.